The van der Waals surface area contributed by atoms with Gasteiger partial charge in [-0.2, -0.15) is 0 Å². The number of esters is 1. The molecule has 0 atom stereocenters. The molecule has 0 bridgehead atoms. The van der Waals surface area contributed by atoms with Crippen molar-refractivity contribution in [1.82, 2.24) is 4.90 Å². The van der Waals surface area contributed by atoms with E-state index in [-0.39, 0.29) is 5.97 Å². The fourth-order valence-corrected chi connectivity index (χ4v) is 2.73. The lowest BCUT2D eigenvalue weighted by molar-refractivity contribution is -0.134. The van der Waals surface area contributed by atoms with Crippen LogP contribution in [-0.2, 0) is 16.1 Å². The Morgan fingerprint density at radius 2 is 1.88 bits per heavy atom. The van der Waals surface area contributed by atoms with Crippen LogP contribution in [0.3, 0.4) is 0 Å². The first-order valence-electron chi connectivity index (χ1n) is 8.81. The Kier molecular flexibility index (Phi) is 5.88. The van der Waals surface area contributed by atoms with Gasteiger partial charge in [0.25, 0.3) is 0 Å². The molecular weight excluding hydrogens is 322 g/mol. The number of nitrogens with zero attached hydrogens (tertiary/aromatic N) is 1. The third-order valence-electron chi connectivity index (χ3n) is 4.40. The maximum absolute atomic E-state index is 11.1. The van der Waals surface area contributed by atoms with E-state index in [0.29, 0.717) is 0 Å². The molecule has 0 aromatic heterocycles. The summed E-state index contributed by atoms with van der Waals surface area (Å²) >= 11 is 0. The van der Waals surface area contributed by atoms with E-state index >= 15 is 0 Å². The second-order valence-electron chi connectivity index (χ2n) is 6.58. The molecule has 0 spiro atoms. The van der Waals surface area contributed by atoms with E-state index in [1.807, 2.05) is 30.3 Å². The molecule has 1 aliphatic carbocycles. The molecule has 1 fully saturated rings. The Morgan fingerprint density at radius 3 is 2.58 bits per heavy atom. The summed E-state index contributed by atoms with van der Waals surface area (Å²) in [6.07, 6.45) is 5.77. The maximum atomic E-state index is 11.1. The fraction of sp³-hybridized carbons (Fsp3) is 0.261. The lowest BCUT2D eigenvalue weighted by Gasteiger charge is -2.15. The number of hydrogen-bond acceptors (Lipinski definition) is 3. The van der Waals surface area contributed by atoms with Crippen LogP contribution < -0.4 is 0 Å². The van der Waals surface area contributed by atoms with Gasteiger partial charge in [0.15, 0.2) is 0 Å². The second-order valence-corrected chi connectivity index (χ2v) is 6.58. The minimum Gasteiger partial charge on any atom is -0.466 e. The Hall–Kier alpha value is -2.83. The summed E-state index contributed by atoms with van der Waals surface area (Å²) in [7, 11) is 3.55. The van der Waals surface area contributed by atoms with Gasteiger partial charge in [0.1, 0.15) is 0 Å². The van der Waals surface area contributed by atoms with Crippen LogP contribution >= 0.6 is 0 Å². The van der Waals surface area contributed by atoms with Gasteiger partial charge in [0.2, 0.25) is 0 Å². The molecule has 0 N–H and O–H groups in total. The summed E-state index contributed by atoms with van der Waals surface area (Å²) in [5.41, 5.74) is 4.21. The van der Waals surface area contributed by atoms with Gasteiger partial charge < -0.3 is 4.74 Å². The van der Waals surface area contributed by atoms with Crippen LogP contribution in [0.2, 0.25) is 0 Å². The molecule has 2 aromatic rings. The first-order valence-corrected chi connectivity index (χ1v) is 8.81. The van der Waals surface area contributed by atoms with Crippen molar-refractivity contribution in [2.24, 2.45) is 0 Å². The summed E-state index contributed by atoms with van der Waals surface area (Å²) in [4.78, 5) is 13.5. The molecule has 132 valence electrons. The average Bonchev–Trinajstić information content (AvgIpc) is 3.51. The predicted octanol–water partition coefficient (Wildman–Crippen LogP) is 3.87. The zero-order valence-electron chi connectivity index (χ0n) is 15.2. The van der Waals surface area contributed by atoms with Gasteiger partial charge in [-0.15, -0.1) is 0 Å². The van der Waals surface area contributed by atoms with E-state index in [1.165, 1.54) is 31.6 Å². The highest BCUT2D eigenvalue weighted by Gasteiger charge is 2.25. The number of hydrogen-bond donors (Lipinski definition) is 0. The molecule has 3 nitrogen and oxygen atoms in total. The molecule has 0 unspecified atom stereocenters. The van der Waals surface area contributed by atoms with E-state index < -0.39 is 0 Å². The summed E-state index contributed by atoms with van der Waals surface area (Å²) in [5, 5.41) is 0. The van der Waals surface area contributed by atoms with Crippen LogP contribution in [0.15, 0.2) is 54.6 Å². The highest BCUT2D eigenvalue weighted by molar-refractivity contribution is 5.86. The zero-order chi connectivity index (χ0) is 18.4. The molecule has 3 rings (SSSR count). The van der Waals surface area contributed by atoms with Crippen LogP contribution in [0.5, 0.6) is 0 Å². The molecule has 0 heterocycles. The molecule has 2 aromatic carbocycles. The summed E-state index contributed by atoms with van der Waals surface area (Å²) in [5.74, 6) is 6.08. The number of carbonyl (C=O) groups excluding carboxylic acids is 1. The fourth-order valence-electron chi connectivity index (χ4n) is 2.73. The number of benzene rings is 2. The summed E-state index contributed by atoms with van der Waals surface area (Å²) < 4.78 is 4.58. The standard InChI is InChI=1S/C23H23NO2/c1-24(22-13-14-22)17-21-5-3-4-20(16-21)11-10-18-6-8-19(9-7-18)12-15-23(25)26-2/h3-9,12,15-16,22H,13-14,17H2,1-2H3. The highest BCUT2D eigenvalue weighted by atomic mass is 16.5. The monoisotopic (exact) mass is 345 g/mol. The normalized spacial score (nSPS) is 13.5. The first kappa shape index (κ1) is 18.0. The zero-order valence-corrected chi connectivity index (χ0v) is 15.2. The van der Waals surface area contributed by atoms with Crippen molar-refractivity contribution in [2.45, 2.75) is 25.4 Å². The first-order chi connectivity index (χ1) is 12.6. The Bertz CT molecular complexity index is 852. The van der Waals surface area contributed by atoms with Crippen LogP contribution in [0.25, 0.3) is 6.08 Å². The molecule has 26 heavy (non-hydrogen) atoms. The van der Waals surface area contributed by atoms with Crippen molar-refractivity contribution < 1.29 is 9.53 Å². The van der Waals surface area contributed by atoms with Gasteiger partial charge in [-0.25, -0.2) is 4.79 Å². The smallest absolute Gasteiger partial charge is 0.330 e. The van der Waals surface area contributed by atoms with Crippen LogP contribution in [-0.4, -0.2) is 31.1 Å². The SMILES string of the molecule is COC(=O)C=Cc1ccc(C#Cc2cccc(CN(C)C3CC3)c2)cc1. The van der Waals surface area contributed by atoms with E-state index in [2.05, 4.69) is 46.7 Å². The third kappa shape index (κ3) is 5.34. The molecule has 0 radical (unpaired) electrons. The van der Waals surface area contributed by atoms with Crippen LogP contribution in [0.1, 0.15) is 35.1 Å². The topological polar surface area (TPSA) is 29.5 Å². The Morgan fingerprint density at radius 1 is 1.15 bits per heavy atom. The van der Waals surface area contributed by atoms with E-state index in [0.717, 1.165) is 29.3 Å². The van der Waals surface area contributed by atoms with Gasteiger partial charge in [-0.1, -0.05) is 36.1 Å². The molecule has 0 saturated heterocycles. The van der Waals surface area contributed by atoms with E-state index in [9.17, 15) is 4.79 Å². The molecule has 1 saturated carbocycles. The van der Waals surface area contributed by atoms with Gasteiger partial charge in [-0.05, 0) is 61.4 Å². The van der Waals surface area contributed by atoms with Crippen molar-refractivity contribution in [3.05, 3.63) is 76.9 Å². The number of carbonyl (C=O) groups is 1. The number of ether oxygens (including phenoxy) is 1. The van der Waals surface area contributed by atoms with Gasteiger partial charge in [-0.3, -0.25) is 4.90 Å². The molecule has 0 aliphatic heterocycles. The van der Waals surface area contributed by atoms with E-state index in [4.69, 9.17) is 0 Å². The molecule has 3 heteroatoms. The minimum absolute atomic E-state index is 0.360. The summed E-state index contributed by atoms with van der Waals surface area (Å²) in [6.45, 7) is 0.974. The van der Waals surface area contributed by atoms with Crippen molar-refractivity contribution in [2.75, 3.05) is 14.2 Å². The average molecular weight is 345 g/mol. The lowest BCUT2D eigenvalue weighted by atomic mass is 10.1. The minimum atomic E-state index is -0.360. The van der Waals surface area contributed by atoms with Gasteiger partial charge in [0.05, 0.1) is 7.11 Å². The molecular formula is C23H23NO2. The van der Waals surface area contributed by atoms with Crippen molar-refractivity contribution in [3.63, 3.8) is 0 Å². The third-order valence-corrected chi connectivity index (χ3v) is 4.40. The molecule has 1 aliphatic rings. The lowest BCUT2D eigenvalue weighted by Crippen LogP contribution is -2.19. The Labute approximate surface area is 155 Å². The van der Waals surface area contributed by atoms with Gasteiger partial charge in [0, 0.05) is 29.8 Å². The van der Waals surface area contributed by atoms with Crippen molar-refractivity contribution in [1.29, 1.82) is 0 Å². The number of methoxy groups -OCH3 is 1. The highest BCUT2D eigenvalue weighted by Crippen LogP contribution is 2.26. The Balaban J connectivity index is 1.65. The van der Waals surface area contributed by atoms with Crippen molar-refractivity contribution >= 4 is 12.0 Å². The quantitative estimate of drug-likeness (QED) is 0.468. The van der Waals surface area contributed by atoms with Gasteiger partial charge >= 0.3 is 5.97 Å². The van der Waals surface area contributed by atoms with E-state index in [1.54, 1.807) is 6.08 Å². The number of rotatable bonds is 5. The maximum Gasteiger partial charge on any atom is 0.330 e. The summed E-state index contributed by atoms with van der Waals surface area (Å²) in [6, 6.07) is 17.0. The molecule has 0 amide bonds. The van der Waals surface area contributed by atoms with Crippen LogP contribution in [0, 0.1) is 11.8 Å². The largest absolute Gasteiger partial charge is 0.466 e. The predicted molar refractivity (Wildman–Crippen MR) is 104 cm³/mol. The van der Waals surface area contributed by atoms with Crippen molar-refractivity contribution in [3.8, 4) is 11.8 Å². The second kappa shape index (κ2) is 8.51. The van der Waals surface area contributed by atoms with Crippen LogP contribution in [0.4, 0.5) is 0 Å².